The van der Waals surface area contributed by atoms with Crippen molar-refractivity contribution in [2.45, 2.75) is 32.4 Å². The third-order valence-electron chi connectivity index (χ3n) is 4.40. The van der Waals surface area contributed by atoms with Crippen LogP contribution in [0.3, 0.4) is 0 Å². The number of furan rings is 1. The van der Waals surface area contributed by atoms with Gasteiger partial charge in [0.1, 0.15) is 11.3 Å². The quantitative estimate of drug-likeness (QED) is 0.708. The van der Waals surface area contributed by atoms with Crippen molar-refractivity contribution in [3.63, 3.8) is 0 Å². The molecule has 0 spiro atoms. The highest BCUT2D eigenvalue weighted by atomic mass is 16.5. The van der Waals surface area contributed by atoms with Crippen molar-refractivity contribution >= 4 is 5.91 Å². The van der Waals surface area contributed by atoms with Gasteiger partial charge in [-0.25, -0.2) is 4.98 Å². The van der Waals surface area contributed by atoms with Gasteiger partial charge in [-0.2, -0.15) is 0 Å². The van der Waals surface area contributed by atoms with Crippen LogP contribution in [0.1, 0.15) is 25.1 Å². The van der Waals surface area contributed by atoms with Gasteiger partial charge in [0.25, 0.3) is 5.91 Å². The third kappa shape index (κ3) is 3.83. The van der Waals surface area contributed by atoms with Crippen LogP contribution in [0.5, 0.6) is 11.5 Å². The summed E-state index contributed by atoms with van der Waals surface area (Å²) in [5, 5.41) is 2.81. The number of aromatic nitrogens is 2. The molecule has 144 valence electrons. The minimum atomic E-state index is -0.266. The van der Waals surface area contributed by atoms with Gasteiger partial charge in [-0.05, 0) is 32.0 Å². The fourth-order valence-corrected chi connectivity index (χ4v) is 3.19. The van der Waals surface area contributed by atoms with Crippen molar-refractivity contribution < 1.29 is 18.7 Å². The highest BCUT2D eigenvalue weighted by Crippen LogP contribution is 2.41. The van der Waals surface area contributed by atoms with Crippen molar-refractivity contribution in [3.8, 4) is 23.0 Å². The predicted octanol–water partition coefficient (Wildman–Crippen LogP) is 3.15. The van der Waals surface area contributed by atoms with Crippen LogP contribution in [0, 0.1) is 0 Å². The highest BCUT2D eigenvalue weighted by molar-refractivity contribution is 5.77. The van der Waals surface area contributed by atoms with Gasteiger partial charge in [-0.3, -0.25) is 9.78 Å². The van der Waals surface area contributed by atoms with Gasteiger partial charge >= 0.3 is 0 Å². The summed E-state index contributed by atoms with van der Waals surface area (Å²) in [5.41, 5.74) is 2.05. The maximum absolute atomic E-state index is 12.3. The number of nitrogens with one attached hydrogen (secondary N) is 1. The summed E-state index contributed by atoms with van der Waals surface area (Å²) < 4.78 is 17.0. The first kappa shape index (κ1) is 18.0. The molecule has 3 aromatic rings. The fourth-order valence-electron chi connectivity index (χ4n) is 3.19. The number of fused-ring (bicyclic) bond motifs is 1. The molecule has 1 amide bonds. The van der Waals surface area contributed by atoms with Gasteiger partial charge in [0.05, 0.1) is 18.5 Å². The van der Waals surface area contributed by atoms with Gasteiger partial charge in [-0.1, -0.05) is 12.1 Å². The Morgan fingerprint density at radius 2 is 2.07 bits per heavy atom. The van der Waals surface area contributed by atoms with E-state index in [1.54, 1.807) is 30.8 Å². The second-order valence-electron chi connectivity index (χ2n) is 7.18. The molecule has 28 heavy (non-hydrogen) atoms. The molecule has 0 bridgehead atoms. The van der Waals surface area contributed by atoms with E-state index in [0.29, 0.717) is 28.6 Å². The van der Waals surface area contributed by atoms with Crippen molar-refractivity contribution in [3.05, 3.63) is 60.2 Å². The zero-order chi connectivity index (χ0) is 19.6. The SMILES string of the molecule is CC1(C)Cc2cccc(OCC(=O)NCc3nccnc3-c3ccco3)c2O1. The van der Waals surface area contributed by atoms with Crippen molar-refractivity contribution in [2.75, 3.05) is 6.61 Å². The first-order valence-corrected chi connectivity index (χ1v) is 9.06. The number of rotatable bonds is 6. The summed E-state index contributed by atoms with van der Waals surface area (Å²) in [6.07, 6.45) is 5.55. The summed E-state index contributed by atoms with van der Waals surface area (Å²) in [6, 6.07) is 9.32. The van der Waals surface area contributed by atoms with Crippen LogP contribution in [-0.4, -0.2) is 28.1 Å². The Morgan fingerprint density at radius 3 is 2.89 bits per heavy atom. The molecule has 0 fully saturated rings. The number of benzene rings is 1. The predicted molar refractivity (Wildman–Crippen MR) is 102 cm³/mol. The molecule has 1 N–H and O–H groups in total. The van der Waals surface area contributed by atoms with E-state index in [0.717, 1.165) is 12.0 Å². The first-order chi connectivity index (χ1) is 13.5. The molecule has 0 saturated heterocycles. The van der Waals surface area contributed by atoms with E-state index in [9.17, 15) is 4.79 Å². The van der Waals surface area contributed by atoms with Gasteiger partial charge in [0.2, 0.25) is 0 Å². The lowest BCUT2D eigenvalue weighted by atomic mass is 10.0. The lowest BCUT2D eigenvalue weighted by Gasteiger charge is -2.18. The Hall–Kier alpha value is -3.35. The average Bonchev–Trinajstić information content (AvgIpc) is 3.31. The smallest absolute Gasteiger partial charge is 0.258 e. The second kappa shape index (κ2) is 7.34. The number of hydrogen-bond acceptors (Lipinski definition) is 6. The number of carbonyl (C=O) groups is 1. The third-order valence-corrected chi connectivity index (χ3v) is 4.40. The van der Waals surface area contributed by atoms with E-state index in [-0.39, 0.29) is 24.7 Å². The van der Waals surface area contributed by atoms with Crippen LogP contribution in [0.2, 0.25) is 0 Å². The number of ether oxygens (including phenoxy) is 2. The molecule has 4 rings (SSSR count). The zero-order valence-corrected chi connectivity index (χ0v) is 15.8. The highest BCUT2D eigenvalue weighted by Gasteiger charge is 2.32. The molecule has 7 heteroatoms. The summed E-state index contributed by atoms with van der Waals surface area (Å²) in [5.74, 6) is 1.64. The number of nitrogens with zero attached hydrogens (tertiary/aromatic N) is 2. The topological polar surface area (TPSA) is 86.5 Å². The number of carbonyl (C=O) groups excluding carboxylic acids is 1. The molecule has 0 unspecified atom stereocenters. The van der Waals surface area contributed by atoms with Gasteiger partial charge in [0.15, 0.2) is 23.9 Å². The molecule has 0 saturated carbocycles. The molecule has 0 aliphatic carbocycles. The summed E-state index contributed by atoms with van der Waals surface area (Å²) >= 11 is 0. The van der Waals surface area contributed by atoms with Crippen LogP contribution in [0.4, 0.5) is 0 Å². The van der Waals surface area contributed by atoms with Gasteiger partial charge < -0.3 is 19.2 Å². The Bertz CT molecular complexity index is 983. The molecular weight excluding hydrogens is 358 g/mol. The van der Waals surface area contributed by atoms with Crippen LogP contribution < -0.4 is 14.8 Å². The van der Waals surface area contributed by atoms with E-state index < -0.39 is 0 Å². The number of hydrogen-bond donors (Lipinski definition) is 1. The zero-order valence-electron chi connectivity index (χ0n) is 15.8. The van der Waals surface area contributed by atoms with E-state index >= 15 is 0 Å². The standard InChI is InChI=1S/C21H21N3O4/c1-21(2)11-14-5-3-6-17(20(14)28-21)27-13-18(25)24-12-15-19(23-9-8-22-15)16-7-4-10-26-16/h3-10H,11-13H2,1-2H3,(H,24,25). The number of amides is 1. The minimum Gasteiger partial charge on any atom is -0.483 e. The molecule has 0 radical (unpaired) electrons. The Balaban J connectivity index is 1.37. The Kier molecular flexibility index (Phi) is 4.73. The van der Waals surface area contributed by atoms with Crippen LogP contribution >= 0.6 is 0 Å². The molecule has 0 atom stereocenters. The molecule has 2 aromatic heterocycles. The van der Waals surface area contributed by atoms with E-state index in [1.807, 2.05) is 32.0 Å². The normalized spacial score (nSPS) is 14.2. The monoisotopic (exact) mass is 379 g/mol. The van der Waals surface area contributed by atoms with Crippen molar-refractivity contribution in [1.29, 1.82) is 0 Å². The summed E-state index contributed by atoms with van der Waals surface area (Å²) in [7, 11) is 0. The maximum Gasteiger partial charge on any atom is 0.258 e. The molecule has 1 aliphatic rings. The van der Waals surface area contributed by atoms with E-state index in [4.69, 9.17) is 13.9 Å². The van der Waals surface area contributed by atoms with Crippen LogP contribution in [0.25, 0.3) is 11.5 Å². The van der Waals surface area contributed by atoms with Gasteiger partial charge in [0, 0.05) is 24.4 Å². The lowest BCUT2D eigenvalue weighted by Crippen LogP contribution is -2.29. The largest absolute Gasteiger partial charge is 0.483 e. The number of para-hydroxylation sites is 1. The van der Waals surface area contributed by atoms with E-state index in [2.05, 4.69) is 15.3 Å². The van der Waals surface area contributed by atoms with Crippen molar-refractivity contribution in [2.24, 2.45) is 0 Å². The van der Waals surface area contributed by atoms with E-state index in [1.165, 1.54) is 0 Å². The summed E-state index contributed by atoms with van der Waals surface area (Å²) in [4.78, 5) is 20.8. The minimum absolute atomic E-state index is 0.114. The molecule has 7 nitrogen and oxygen atoms in total. The first-order valence-electron chi connectivity index (χ1n) is 9.06. The lowest BCUT2D eigenvalue weighted by molar-refractivity contribution is -0.123. The van der Waals surface area contributed by atoms with Crippen LogP contribution in [0.15, 0.2) is 53.4 Å². The Morgan fingerprint density at radius 1 is 1.21 bits per heavy atom. The van der Waals surface area contributed by atoms with Crippen molar-refractivity contribution in [1.82, 2.24) is 15.3 Å². The molecular formula is C21H21N3O4. The molecule has 3 heterocycles. The maximum atomic E-state index is 12.3. The molecule has 1 aliphatic heterocycles. The average molecular weight is 379 g/mol. The Labute approximate surface area is 162 Å². The van der Waals surface area contributed by atoms with Crippen LogP contribution in [-0.2, 0) is 17.8 Å². The fraction of sp³-hybridized carbons (Fsp3) is 0.286. The molecule has 1 aromatic carbocycles. The second-order valence-corrected chi connectivity index (χ2v) is 7.18. The summed E-state index contributed by atoms with van der Waals surface area (Å²) in [6.45, 7) is 4.17. The van der Waals surface area contributed by atoms with Gasteiger partial charge in [-0.15, -0.1) is 0 Å².